The standard InChI is InChI=1S/C12H14F2N2O2/c13-8-1-2-10(14)7(3-8)4-16-12(17)9-5-18-6-11(9)15/h1-3,9,11H,4-6,15H2,(H,16,17). The van der Waals surface area contributed by atoms with Crippen molar-refractivity contribution in [2.75, 3.05) is 13.2 Å². The molecule has 0 aliphatic carbocycles. The zero-order valence-corrected chi connectivity index (χ0v) is 9.66. The Morgan fingerprint density at radius 2 is 2.22 bits per heavy atom. The van der Waals surface area contributed by atoms with Crippen LogP contribution in [0.5, 0.6) is 0 Å². The highest BCUT2D eigenvalue weighted by Gasteiger charge is 2.31. The highest BCUT2D eigenvalue weighted by atomic mass is 19.1. The SMILES string of the molecule is NC1COCC1C(=O)NCc1cc(F)ccc1F. The lowest BCUT2D eigenvalue weighted by Gasteiger charge is -2.13. The van der Waals surface area contributed by atoms with Crippen LogP contribution in [-0.4, -0.2) is 25.2 Å². The maximum absolute atomic E-state index is 13.3. The van der Waals surface area contributed by atoms with E-state index in [1.54, 1.807) is 0 Å². The second kappa shape index (κ2) is 5.41. The molecule has 3 N–H and O–H groups in total. The van der Waals surface area contributed by atoms with Gasteiger partial charge in [0.15, 0.2) is 0 Å². The molecule has 1 fully saturated rings. The summed E-state index contributed by atoms with van der Waals surface area (Å²) in [7, 11) is 0. The molecule has 1 heterocycles. The number of benzene rings is 1. The van der Waals surface area contributed by atoms with E-state index in [2.05, 4.69) is 5.32 Å². The van der Waals surface area contributed by atoms with Crippen LogP contribution in [0.4, 0.5) is 8.78 Å². The number of hydrogen-bond acceptors (Lipinski definition) is 3. The van der Waals surface area contributed by atoms with E-state index < -0.39 is 17.6 Å². The fraction of sp³-hybridized carbons (Fsp3) is 0.417. The lowest BCUT2D eigenvalue weighted by molar-refractivity contribution is -0.125. The zero-order chi connectivity index (χ0) is 13.1. The molecule has 98 valence electrons. The molecule has 18 heavy (non-hydrogen) atoms. The van der Waals surface area contributed by atoms with Crippen LogP contribution in [-0.2, 0) is 16.1 Å². The van der Waals surface area contributed by atoms with Crippen molar-refractivity contribution in [3.05, 3.63) is 35.4 Å². The fourth-order valence-corrected chi connectivity index (χ4v) is 1.83. The molecule has 2 atom stereocenters. The van der Waals surface area contributed by atoms with E-state index in [1.165, 1.54) is 0 Å². The number of carbonyl (C=O) groups is 1. The molecular formula is C12H14F2N2O2. The van der Waals surface area contributed by atoms with Gasteiger partial charge in [0, 0.05) is 18.2 Å². The number of amides is 1. The van der Waals surface area contributed by atoms with Gasteiger partial charge < -0.3 is 15.8 Å². The smallest absolute Gasteiger partial charge is 0.227 e. The first-order valence-corrected chi connectivity index (χ1v) is 5.63. The third kappa shape index (κ3) is 2.83. The van der Waals surface area contributed by atoms with Crippen molar-refractivity contribution in [3.8, 4) is 0 Å². The normalized spacial score (nSPS) is 23.1. The first kappa shape index (κ1) is 12.9. The Labute approximate surface area is 103 Å². The van der Waals surface area contributed by atoms with Gasteiger partial charge >= 0.3 is 0 Å². The Balaban J connectivity index is 1.95. The van der Waals surface area contributed by atoms with Crippen molar-refractivity contribution in [2.45, 2.75) is 12.6 Å². The maximum atomic E-state index is 13.3. The van der Waals surface area contributed by atoms with Crippen LogP contribution in [0.3, 0.4) is 0 Å². The molecule has 4 nitrogen and oxygen atoms in total. The molecule has 0 radical (unpaired) electrons. The minimum atomic E-state index is -0.552. The molecule has 1 saturated heterocycles. The quantitative estimate of drug-likeness (QED) is 0.830. The molecule has 0 saturated carbocycles. The summed E-state index contributed by atoms with van der Waals surface area (Å²) >= 11 is 0. The maximum Gasteiger partial charge on any atom is 0.227 e. The van der Waals surface area contributed by atoms with Crippen LogP contribution in [0.25, 0.3) is 0 Å². The zero-order valence-electron chi connectivity index (χ0n) is 9.66. The third-order valence-electron chi connectivity index (χ3n) is 2.92. The predicted octanol–water partition coefficient (Wildman–Crippen LogP) is 0.555. The van der Waals surface area contributed by atoms with Gasteiger partial charge in [-0.3, -0.25) is 4.79 Å². The van der Waals surface area contributed by atoms with Gasteiger partial charge in [-0.1, -0.05) is 0 Å². The highest BCUT2D eigenvalue weighted by Crippen LogP contribution is 2.13. The van der Waals surface area contributed by atoms with Gasteiger partial charge in [-0.25, -0.2) is 8.78 Å². The Kier molecular flexibility index (Phi) is 3.88. The van der Waals surface area contributed by atoms with Crippen molar-refractivity contribution in [3.63, 3.8) is 0 Å². The summed E-state index contributed by atoms with van der Waals surface area (Å²) in [5.74, 6) is -1.82. The van der Waals surface area contributed by atoms with E-state index in [-0.39, 0.29) is 30.7 Å². The summed E-state index contributed by atoms with van der Waals surface area (Å²) in [6.45, 7) is 0.538. The Hall–Kier alpha value is -1.53. The molecule has 1 aliphatic heterocycles. The van der Waals surface area contributed by atoms with E-state index in [4.69, 9.17) is 10.5 Å². The second-order valence-electron chi connectivity index (χ2n) is 4.26. The van der Waals surface area contributed by atoms with Crippen LogP contribution in [0.15, 0.2) is 18.2 Å². The van der Waals surface area contributed by atoms with E-state index >= 15 is 0 Å². The number of carbonyl (C=O) groups excluding carboxylic acids is 1. The van der Waals surface area contributed by atoms with Crippen LogP contribution in [0.1, 0.15) is 5.56 Å². The molecule has 1 aromatic rings. The molecule has 1 amide bonds. The molecule has 1 aromatic carbocycles. The molecule has 0 aromatic heterocycles. The van der Waals surface area contributed by atoms with Gasteiger partial charge in [-0.15, -0.1) is 0 Å². The van der Waals surface area contributed by atoms with Crippen molar-refractivity contribution < 1.29 is 18.3 Å². The van der Waals surface area contributed by atoms with Gasteiger partial charge in [0.05, 0.1) is 19.1 Å². The van der Waals surface area contributed by atoms with E-state index in [9.17, 15) is 13.6 Å². The molecule has 6 heteroatoms. The molecular weight excluding hydrogens is 242 g/mol. The number of ether oxygens (including phenoxy) is 1. The van der Waals surface area contributed by atoms with E-state index in [1.807, 2.05) is 0 Å². The van der Waals surface area contributed by atoms with Gasteiger partial charge in [0.25, 0.3) is 0 Å². The number of rotatable bonds is 3. The van der Waals surface area contributed by atoms with Crippen LogP contribution in [0.2, 0.25) is 0 Å². The summed E-state index contributed by atoms with van der Waals surface area (Å²) in [4.78, 5) is 11.7. The van der Waals surface area contributed by atoms with E-state index in [0.717, 1.165) is 18.2 Å². The van der Waals surface area contributed by atoms with Crippen molar-refractivity contribution in [1.82, 2.24) is 5.32 Å². The Morgan fingerprint density at radius 1 is 1.44 bits per heavy atom. The first-order chi connectivity index (χ1) is 8.58. The van der Waals surface area contributed by atoms with Crippen LogP contribution < -0.4 is 11.1 Å². The monoisotopic (exact) mass is 256 g/mol. The average molecular weight is 256 g/mol. The summed E-state index contributed by atoms with van der Waals surface area (Å²) in [6, 6.07) is 2.77. The van der Waals surface area contributed by atoms with Gasteiger partial charge in [-0.05, 0) is 18.2 Å². The van der Waals surface area contributed by atoms with Gasteiger partial charge in [0.1, 0.15) is 11.6 Å². The summed E-state index contributed by atoms with van der Waals surface area (Å²) in [5, 5.41) is 2.53. The Bertz CT molecular complexity index is 454. The van der Waals surface area contributed by atoms with Crippen LogP contribution >= 0.6 is 0 Å². The summed E-state index contributed by atoms with van der Waals surface area (Å²) in [6.07, 6.45) is 0. The summed E-state index contributed by atoms with van der Waals surface area (Å²) in [5.41, 5.74) is 5.79. The second-order valence-corrected chi connectivity index (χ2v) is 4.26. The van der Waals surface area contributed by atoms with Crippen molar-refractivity contribution >= 4 is 5.91 Å². The van der Waals surface area contributed by atoms with E-state index in [0.29, 0.717) is 6.61 Å². The molecule has 0 spiro atoms. The number of nitrogens with two attached hydrogens (primary N) is 1. The number of nitrogens with one attached hydrogen (secondary N) is 1. The number of hydrogen-bond donors (Lipinski definition) is 2. The topological polar surface area (TPSA) is 64.3 Å². The van der Waals surface area contributed by atoms with Gasteiger partial charge in [-0.2, -0.15) is 0 Å². The molecule has 1 aliphatic rings. The molecule has 0 bridgehead atoms. The van der Waals surface area contributed by atoms with Crippen LogP contribution in [0, 0.1) is 17.6 Å². The highest BCUT2D eigenvalue weighted by molar-refractivity contribution is 5.79. The first-order valence-electron chi connectivity index (χ1n) is 5.63. The average Bonchev–Trinajstić information content (AvgIpc) is 2.76. The summed E-state index contributed by atoms with van der Waals surface area (Å²) < 4.78 is 31.3. The largest absolute Gasteiger partial charge is 0.379 e. The fourth-order valence-electron chi connectivity index (χ4n) is 1.83. The predicted molar refractivity (Wildman–Crippen MR) is 60.5 cm³/mol. The number of halogens is 2. The molecule has 2 rings (SSSR count). The van der Waals surface area contributed by atoms with Crippen molar-refractivity contribution in [1.29, 1.82) is 0 Å². The third-order valence-corrected chi connectivity index (χ3v) is 2.92. The van der Waals surface area contributed by atoms with Crippen molar-refractivity contribution in [2.24, 2.45) is 11.7 Å². The van der Waals surface area contributed by atoms with Gasteiger partial charge in [0.2, 0.25) is 5.91 Å². The minimum absolute atomic E-state index is 0.0638. The molecule has 2 unspecified atom stereocenters. The lowest BCUT2D eigenvalue weighted by atomic mass is 10.0. The lowest BCUT2D eigenvalue weighted by Crippen LogP contribution is -2.40. The minimum Gasteiger partial charge on any atom is -0.379 e. The Morgan fingerprint density at radius 3 is 2.89 bits per heavy atom.